The van der Waals surface area contributed by atoms with Crippen LogP contribution in [0.25, 0.3) is 10.6 Å². The number of hydrogen-bond donors (Lipinski definition) is 1. The van der Waals surface area contributed by atoms with Crippen molar-refractivity contribution in [2.45, 2.75) is 19.3 Å². The van der Waals surface area contributed by atoms with E-state index in [1.807, 2.05) is 42.5 Å². The van der Waals surface area contributed by atoms with E-state index in [1.54, 1.807) is 5.38 Å². The molecule has 0 aliphatic rings. The number of carbonyl (C=O) groups is 1. The van der Waals surface area contributed by atoms with Crippen molar-refractivity contribution in [3.05, 3.63) is 71.2 Å². The summed E-state index contributed by atoms with van der Waals surface area (Å²) in [5, 5.41) is 11.5. The number of hydrogen-bond acceptors (Lipinski definition) is 4. The Hall–Kier alpha value is -2.66. The Labute approximate surface area is 150 Å². The van der Waals surface area contributed by atoms with Gasteiger partial charge in [0, 0.05) is 5.38 Å². The molecule has 0 unspecified atom stereocenters. The molecule has 0 radical (unpaired) electrons. The molecule has 0 fully saturated rings. The molecule has 5 heteroatoms. The lowest BCUT2D eigenvalue weighted by Crippen LogP contribution is -2.01. The van der Waals surface area contributed by atoms with E-state index in [2.05, 4.69) is 17.1 Å². The fourth-order valence-electron chi connectivity index (χ4n) is 2.54. The molecule has 1 heterocycles. The quantitative estimate of drug-likeness (QED) is 0.608. The minimum Gasteiger partial charge on any atom is -0.493 e. The molecule has 0 aliphatic heterocycles. The van der Waals surface area contributed by atoms with E-state index in [4.69, 9.17) is 9.84 Å². The lowest BCUT2D eigenvalue weighted by atomic mass is 10.1. The highest BCUT2D eigenvalue weighted by atomic mass is 32.1. The molecular formula is C20H19NO3S. The van der Waals surface area contributed by atoms with Crippen LogP contribution in [0.15, 0.2) is 60.0 Å². The van der Waals surface area contributed by atoms with Gasteiger partial charge < -0.3 is 9.84 Å². The maximum atomic E-state index is 10.8. The zero-order chi connectivity index (χ0) is 17.5. The highest BCUT2D eigenvalue weighted by Crippen LogP contribution is 2.32. The largest absolute Gasteiger partial charge is 0.493 e. The van der Waals surface area contributed by atoms with Gasteiger partial charge in [-0.1, -0.05) is 42.5 Å². The Morgan fingerprint density at radius 1 is 1.08 bits per heavy atom. The minimum atomic E-state index is -0.873. The maximum Gasteiger partial charge on any atom is 0.309 e. The van der Waals surface area contributed by atoms with E-state index in [1.165, 1.54) is 16.9 Å². The molecule has 1 aromatic heterocycles. The molecule has 2 aromatic carbocycles. The predicted molar refractivity (Wildman–Crippen MR) is 99.1 cm³/mol. The number of nitrogens with zero attached hydrogens (tertiary/aromatic N) is 1. The molecule has 4 nitrogen and oxygen atoms in total. The number of benzene rings is 2. The van der Waals surface area contributed by atoms with Crippen LogP contribution in [0.3, 0.4) is 0 Å². The molecule has 0 saturated carbocycles. The predicted octanol–water partition coefficient (Wildman–Crippen LogP) is 4.45. The van der Waals surface area contributed by atoms with Crippen LogP contribution in [0.5, 0.6) is 5.75 Å². The highest BCUT2D eigenvalue weighted by molar-refractivity contribution is 7.13. The maximum absolute atomic E-state index is 10.8. The summed E-state index contributed by atoms with van der Waals surface area (Å²) >= 11 is 1.44. The Morgan fingerprint density at radius 3 is 2.64 bits per heavy atom. The average Bonchev–Trinajstić information content (AvgIpc) is 3.07. The number of thiazole rings is 1. The van der Waals surface area contributed by atoms with Crippen LogP contribution >= 0.6 is 11.3 Å². The van der Waals surface area contributed by atoms with Gasteiger partial charge in [-0.15, -0.1) is 11.3 Å². The topological polar surface area (TPSA) is 59.4 Å². The van der Waals surface area contributed by atoms with Gasteiger partial charge in [-0.3, -0.25) is 4.79 Å². The zero-order valence-corrected chi connectivity index (χ0v) is 14.5. The first-order chi connectivity index (χ1) is 12.2. The zero-order valence-electron chi connectivity index (χ0n) is 13.7. The molecule has 25 heavy (non-hydrogen) atoms. The summed E-state index contributed by atoms with van der Waals surface area (Å²) in [6.07, 6.45) is 1.85. The third-order valence-corrected chi connectivity index (χ3v) is 4.64. The van der Waals surface area contributed by atoms with E-state index in [0.717, 1.165) is 29.2 Å². The van der Waals surface area contributed by atoms with Gasteiger partial charge in [-0.05, 0) is 30.5 Å². The van der Waals surface area contributed by atoms with Gasteiger partial charge >= 0.3 is 5.97 Å². The van der Waals surface area contributed by atoms with Crippen LogP contribution in [0.2, 0.25) is 0 Å². The number of aryl methyl sites for hydroxylation is 1. The second-order valence-corrected chi connectivity index (χ2v) is 6.51. The van der Waals surface area contributed by atoms with E-state index < -0.39 is 5.97 Å². The normalized spacial score (nSPS) is 10.6. The second-order valence-electron chi connectivity index (χ2n) is 5.65. The first-order valence-electron chi connectivity index (χ1n) is 8.14. The SMILES string of the molecule is O=C(O)Cc1csc(-c2ccccc2OCCCc2ccccc2)n1. The third kappa shape index (κ3) is 4.90. The molecule has 0 atom stereocenters. The molecule has 128 valence electrons. The summed E-state index contributed by atoms with van der Waals surface area (Å²) < 4.78 is 5.95. The monoisotopic (exact) mass is 353 g/mol. The van der Waals surface area contributed by atoms with Gasteiger partial charge in [0.25, 0.3) is 0 Å². The van der Waals surface area contributed by atoms with Gasteiger partial charge in [-0.25, -0.2) is 4.98 Å². The Balaban J connectivity index is 1.62. The lowest BCUT2D eigenvalue weighted by Gasteiger charge is -2.10. The van der Waals surface area contributed by atoms with Crippen molar-refractivity contribution in [1.82, 2.24) is 4.98 Å². The molecule has 0 amide bonds. The van der Waals surface area contributed by atoms with Crippen molar-refractivity contribution in [1.29, 1.82) is 0 Å². The molecule has 3 aromatic rings. The Bertz CT molecular complexity index is 830. The number of carboxylic acids is 1. The van der Waals surface area contributed by atoms with E-state index in [-0.39, 0.29) is 6.42 Å². The van der Waals surface area contributed by atoms with Crippen LogP contribution in [0.4, 0.5) is 0 Å². The first-order valence-corrected chi connectivity index (χ1v) is 9.02. The van der Waals surface area contributed by atoms with Gasteiger partial charge in [0.2, 0.25) is 0 Å². The third-order valence-electron chi connectivity index (χ3n) is 3.71. The van der Waals surface area contributed by atoms with Crippen molar-refractivity contribution in [2.75, 3.05) is 6.61 Å². The minimum absolute atomic E-state index is 0.0589. The highest BCUT2D eigenvalue weighted by Gasteiger charge is 2.12. The van der Waals surface area contributed by atoms with Crippen molar-refractivity contribution >= 4 is 17.3 Å². The molecule has 1 N–H and O–H groups in total. The first kappa shape index (κ1) is 17.2. The van der Waals surface area contributed by atoms with Crippen LogP contribution in [0, 0.1) is 0 Å². The van der Waals surface area contributed by atoms with Crippen molar-refractivity contribution in [3.8, 4) is 16.3 Å². The summed E-state index contributed by atoms with van der Waals surface area (Å²) in [6.45, 7) is 0.624. The fraction of sp³-hybridized carbons (Fsp3) is 0.200. The lowest BCUT2D eigenvalue weighted by molar-refractivity contribution is -0.136. The Morgan fingerprint density at radius 2 is 1.84 bits per heavy atom. The number of rotatable bonds is 8. The van der Waals surface area contributed by atoms with E-state index >= 15 is 0 Å². The van der Waals surface area contributed by atoms with Crippen molar-refractivity contribution < 1.29 is 14.6 Å². The summed E-state index contributed by atoms with van der Waals surface area (Å²) in [5.41, 5.74) is 2.79. The van der Waals surface area contributed by atoms with E-state index in [9.17, 15) is 4.79 Å². The molecule has 0 saturated heterocycles. The smallest absolute Gasteiger partial charge is 0.309 e. The van der Waals surface area contributed by atoms with Gasteiger partial charge in [0.05, 0.1) is 24.3 Å². The molecule has 0 spiro atoms. The van der Waals surface area contributed by atoms with Crippen LogP contribution < -0.4 is 4.74 Å². The summed E-state index contributed by atoms with van der Waals surface area (Å²) in [5.74, 6) is -0.0888. The molecule has 3 rings (SSSR count). The number of aromatic nitrogens is 1. The molecule has 0 bridgehead atoms. The second kappa shape index (κ2) is 8.44. The van der Waals surface area contributed by atoms with Gasteiger partial charge in [0.15, 0.2) is 0 Å². The van der Waals surface area contributed by atoms with Crippen LogP contribution in [0.1, 0.15) is 17.7 Å². The van der Waals surface area contributed by atoms with Crippen LogP contribution in [-0.2, 0) is 17.6 Å². The number of ether oxygens (including phenoxy) is 1. The van der Waals surface area contributed by atoms with Gasteiger partial charge in [-0.2, -0.15) is 0 Å². The average molecular weight is 353 g/mol. The van der Waals surface area contributed by atoms with Crippen molar-refractivity contribution in [3.63, 3.8) is 0 Å². The number of para-hydroxylation sites is 1. The number of carboxylic acid groups (broad SMARTS) is 1. The summed E-state index contributed by atoms with van der Waals surface area (Å²) in [4.78, 5) is 15.2. The van der Waals surface area contributed by atoms with E-state index in [0.29, 0.717) is 12.3 Å². The molecular weight excluding hydrogens is 334 g/mol. The standard InChI is InChI=1S/C20H19NO3S/c22-19(23)13-16-14-25-20(21-16)17-10-4-5-11-18(17)24-12-6-9-15-7-2-1-3-8-15/h1-5,7-8,10-11,14H,6,9,12-13H2,(H,22,23). The summed E-state index contributed by atoms with van der Waals surface area (Å²) in [6, 6.07) is 18.1. The summed E-state index contributed by atoms with van der Waals surface area (Å²) in [7, 11) is 0. The van der Waals surface area contributed by atoms with Crippen LogP contribution in [-0.4, -0.2) is 22.7 Å². The van der Waals surface area contributed by atoms with Crippen molar-refractivity contribution in [2.24, 2.45) is 0 Å². The Kier molecular flexibility index (Phi) is 5.80. The number of aliphatic carboxylic acids is 1. The fourth-order valence-corrected chi connectivity index (χ4v) is 3.39. The molecule has 0 aliphatic carbocycles. The van der Waals surface area contributed by atoms with Gasteiger partial charge in [0.1, 0.15) is 10.8 Å².